The Labute approximate surface area is 210 Å². The number of aryl methyl sites for hydroxylation is 1. The number of nitrogens with one attached hydrogen (secondary N) is 1. The molecule has 36 heavy (non-hydrogen) atoms. The number of hydrogen-bond acceptors (Lipinski definition) is 7. The SMILES string of the molecule is CCOc1ccccc1N(CC(=O)N/N=C\c1cccc2c1OCCO2)S(=O)(=O)c1ccc(C)cc1. The smallest absolute Gasteiger partial charge is 0.264 e. The van der Waals surface area contributed by atoms with E-state index >= 15 is 0 Å². The van der Waals surface area contributed by atoms with Gasteiger partial charge in [-0.25, -0.2) is 13.8 Å². The minimum absolute atomic E-state index is 0.0590. The summed E-state index contributed by atoms with van der Waals surface area (Å²) in [4.78, 5) is 12.9. The van der Waals surface area contributed by atoms with Crippen LogP contribution >= 0.6 is 0 Å². The third-order valence-electron chi connectivity index (χ3n) is 5.32. The summed E-state index contributed by atoms with van der Waals surface area (Å²) in [6, 6.07) is 18.5. The molecule has 1 N–H and O–H groups in total. The van der Waals surface area contributed by atoms with Gasteiger partial charge >= 0.3 is 0 Å². The van der Waals surface area contributed by atoms with Crippen LogP contribution in [0.1, 0.15) is 18.1 Å². The average molecular weight is 510 g/mol. The maximum Gasteiger partial charge on any atom is 0.264 e. The molecule has 0 saturated heterocycles. The molecular weight excluding hydrogens is 482 g/mol. The number of nitrogens with zero attached hydrogens (tertiary/aromatic N) is 2. The number of carbonyl (C=O) groups excluding carboxylic acids is 1. The van der Waals surface area contributed by atoms with Gasteiger partial charge in [0, 0.05) is 5.56 Å². The Balaban J connectivity index is 1.59. The Morgan fingerprint density at radius 2 is 1.81 bits per heavy atom. The summed E-state index contributed by atoms with van der Waals surface area (Å²) in [5.41, 5.74) is 4.20. The number of fused-ring (bicyclic) bond motifs is 1. The molecule has 188 valence electrons. The van der Waals surface area contributed by atoms with Gasteiger partial charge in [0.1, 0.15) is 25.5 Å². The number of rotatable bonds is 9. The van der Waals surface area contributed by atoms with E-state index in [2.05, 4.69) is 10.5 Å². The fourth-order valence-corrected chi connectivity index (χ4v) is 5.05. The number of sulfonamides is 1. The molecule has 4 rings (SSSR count). The Morgan fingerprint density at radius 1 is 1.06 bits per heavy atom. The fourth-order valence-electron chi connectivity index (χ4n) is 3.62. The lowest BCUT2D eigenvalue weighted by atomic mass is 10.2. The van der Waals surface area contributed by atoms with Crippen LogP contribution in [0, 0.1) is 6.92 Å². The summed E-state index contributed by atoms with van der Waals surface area (Å²) in [6.07, 6.45) is 1.43. The largest absolute Gasteiger partial charge is 0.492 e. The Hall–Kier alpha value is -4.05. The van der Waals surface area contributed by atoms with Crippen molar-refractivity contribution >= 4 is 27.8 Å². The monoisotopic (exact) mass is 509 g/mol. The average Bonchev–Trinajstić information content (AvgIpc) is 2.88. The van der Waals surface area contributed by atoms with E-state index in [1.807, 2.05) is 6.92 Å². The molecule has 0 aromatic heterocycles. The van der Waals surface area contributed by atoms with E-state index in [9.17, 15) is 13.2 Å². The molecule has 3 aromatic rings. The van der Waals surface area contributed by atoms with Crippen LogP contribution in [0.5, 0.6) is 17.2 Å². The first-order chi connectivity index (χ1) is 17.4. The van der Waals surface area contributed by atoms with Crippen LogP contribution in [0.4, 0.5) is 5.69 Å². The molecule has 0 unspecified atom stereocenters. The van der Waals surface area contributed by atoms with Crippen LogP contribution in [0.25, 0.3) is 0 Å². The Kier molecular flexibility index (Phi) is 7.74. The van der Waals surface area contributed by atoms with Crippen LogP contribution in [0.2, 0.25) is 0 Å². The number of para-hydroxylation sites is 3. The van der Waals surface area contributed by atoms with Crippen molar-refractivity contribution in [2.75, 3.05) is 30.7 Å². The predicted molar refractivity (Wildman–Crippen MR) is 136 cm³/mol. The van der Waals surface area contributed by atoms with Crippen molar-refractivity contribution in [1.29, 1.82) is 0 Å². The lowest BCUT2D eigenvalue weighted by molar-refractivity contribution is -0.119. The first-order valence-corrected chi connectivity index (χ1v) is 12.9. The highest BCUT2D eigenvalue weighted by molar-refractivity contribution is 7.92. The lowest BCUT2D eigenvalue weighted by Crippen LogP contribution is -2.39. The van der Waals surface area contributed by atoms with Crippen molar-refractivity contribution in [3.63, 3.8) is 0 Å². The molecule has 10 heteroatoms. The van der Waals surface area contributed by atoms with Gasteiger partial charge in [0.25, 0.3) is 15.9 Å². The topological polar surface area (TPSA) is 107 Å². The summed E-state index contributed by atoms with van der Waals surface area (Å²) < 4.78 is 45.1. The van der Waals surface area contributed by atoms with E-state index in [1.54, 1.807) is 61.5 Å². The molecule has 0 spiro atoms. The van der Waals surface area contributed by atoms with Crippen molar-refractivity contribution in [1.82, 2.24) is 5.43 Å². The molecule has 0 aliphatic carbocycles. The molecule has 0 bridgehead atoms. The minimum Gasteiger partial charge on any atom is -0.492 e. The highest BCUT2D eigenvalue weighted by atomic mass is 32.2. The molecule has 1 aliphatic rings. The number of ether oxygens (including phenoxy) is 3. The zero-order chi connectivity index (χ0) is 25.5. The summed E-state index contributed by atoms with van der Waals surface area (Å²) >= 11 is 0. The first-order valence-electron chi connectivity index (χ1n) is 11.4. The zero-order valence-electron chi connectivity index (χ0n) is 20.0. The molecule has 1 amide bonds. The summed E-state index contributed by atoms with van der Waals surface area (Å²) in [5.74, 6) is 0.852. The maximum absolute atomic E-state index is 13.6. The highest BCUT2D eigenvalue weighted by Crippen LogP contribution is 2.33. The number of anilines is 1. The minimum atomic E-state index is -4.09. The van der Waals surface area contributed by atoms with Gasteiger partial charge in [-0.15, -0.1) is 0 Å². The van der Waals surface area contributed by atoms with Crippen LogP contribution in [-0.2, 0) is 14.8 Å². The molecule has 3 aromatic carbocycles. The number of amides is 1. The number of hydrogen-bond donors (Lipinski definition) is 1. The van der Waals surface area contributed by atoms with E-state index in [0.717, 1.165) is 9.87 Å². The van der Waals surface area contributed by atoms with Gasteiger partial charge in [0.15, 0.2) is 11.5 Å². The standard InChI is InChI=1S/C26H27N3O6S/c1-3-33-23-9-5-4-8-22(23)29(36(31,32)21-13-11-19(2)12-14-21)18-25(30)28-27-17-20-7-6-10-24-26(20)35-16-15-34-24/h4-14,17H,3,15-16,18H2,1-2H3,(H,28,30)/b27-17-. The molecule has 0 fully saturated rings. The zero-order valence-corrected chi connectivity index (χ0v) is 20.8. The third kappa shape index (κ3) is 5.60. The molecule has 1 heterocycles. The molecule has 9 nitrogen and oxygen atoms in total. The number of benzene rings is 3. The fraction of sp³-hybridized carbons (Fsp3) is 0.231. The molecule has 0 radical (unpaired) electrons. The second kappa shape index (κ2) is 11.1. The maximum atomic E-state index is 13.6. The number of carbonyl (C=O) groups is 1. The first kappa shape index (κ1) is 25.1. The van der Waals surface area contributed by atoms with Gasteiger partial charge in [-0.05, 0) is 50.2 Å². The van der Waals surface area contributed by atoms with Crippen LogP contribution in [-0.4, -0.2) is 46.9 Å². The van der Waals surface area contributed by atoms with Crippen LogP contribution < -0.4 is 23.9 Å². The second-order valence-corrected chi connectivity index (χ2v) is 9.75. The quantitative estimate of drug-likeness (QED) is 0.350. The van der Waals surface area contributed by atoms with E-state index < -0.39 is 22.5 Å². The van der Waals surface area contributed by atoms with Gasteiger partial charge in [-0.2, -0.15) is 5.10 Å². The van der Waals surface area contributed by atoms with Gasteiger partial charge in [0.2, 0.25) is 0 Å². The van der Waals surface area contributed by atoms with Crippen molar-refractivity contribution in [2.45, 2.75) is 18.7 Å². The molecule has 0 atom stereocenters. The molecular formula is C26H27N3O6S. The van der Waals surface area contributed by atoms with Crippen molar-refractivity contribution < 1.29 is 27.4 Å². The van der Waals surface area contributed by atoms with Crippen LogP contribution in [0.3, 0.4) is 0 Å². The van der Waals surface area contributed by atoms with E-state index in [-0.39, 0.29) is 10.6 Å². The highest BCUT2D eigenvalue weighted by Gasteiger charge is 2.29. The van der Waals surface area contributed by atoms with Gasteiger partial charge < -0.3 is 14.2 Å². The summed E-state index contributed by atoms with van der Waals surface area (Å²) in [5, 5.41) is 4.01. The van der Waals surface area contributed by atoms with Crippen molar-refractivity contribution in [3.8, 4) is 17.2 Å². The second-order valence-electron chi connectivity index (χ2n) is 7.89. The predicted octanol–water partition coefficient (Wildman–Crippen LogP) is 3.51. The van der Waals surface area contributed by atoms with Crippen molar-refractivity contribution in [2.24, 2.45) is 5.10 Å². The van der Waals surface area contributed by atoms with E-state index in [1.165, 1.54) is 18.3 Å². The van der Waals surface area contributed by atoms with E-state index in [0.29, 0.717) is 42.6 Å². The normalized spacial score (nSPS) is 12.8. The van der Waals surface area contributed by atoms with Gasteiger partial charge in [0.05, 0.1) is 23.4 Å². The third-order valence-corrected chi connectivity index (χ3v) is 7.09. The van der Waals surface area contributed by atoms with Crippen molar-refractivity contribution in [3.05, 3.63) is 77.9 Å². The van der Waals surface area contributed by atoms with E-state index in [4.69, 9.17) is 14.2 Å². The number of hydrazone groups is 1. The molecule has 1 aliphatic heterocycles. The Bertz CT molecular complexity index is 1360. The van der Waals surface area contributed by atoms with Gasteiger partial charge in [-0.1, -0.05) is 35.9 Å². The lowest BCUT2D eigenvalue weighted by Gasteiger charge is -2.25. The van der Waals surface area contributed by atoms with Crippen LogP contribution in [0.15, 0.2) is 76.7 Å². The summed E-state index contributed by atoms with van der Waals surface area (Å²) in [7, 11) is -4.09. The Morgan fingerprint density at radius 3 is 2.58 bits per heavy atom. The summed E-state index contributed by atoms with van der Waals surface area (Å²) in [6.45, 7) is 4.36. The van der Waals surface area contributed by atoms with Gasteiger partial charge in [-0.3, -0.25) is 9.10 Å². The molecule has 0 saturated carbocycles.